The second-order valence-corrected chi connectivity index (χ2v) is 15.5. The zero-order valence-electron chi connectivity index (χ0n) is 34.9. The molecule has 1 unspecified atom stereocenters. The van der Waals surface area contributed by atoms with Crippen LogP contribution < -0.4 is 5.32 Å². The smallest absolute Gasteiger partial charge is 0.134 e. The molecule has 60 heavy (non-hydrogen) atoms. The van der Waals surface area contributed by atoms with Gasteiger partial charge >= 0.3 is 0 Å². The minimum absolute atomic E-state index is 0.118. The quantitative estimate of drug-likeness (QED) is 0.0483. The van der Waals surface area contributed by atoms with Crippen LogP contribution in [0.5, 0.6) is 0 Å². The summed E-state index contributed by atoms with van der Waals surface area (Å²) in [5.41, 5.74) is 10.5. The first-order valence-electron chi connectivity index (χ1n) is 21.2. The van der Waals surface area contributed by atoms with Gasteiger partial charge in [-0.2, -0.15) is 0 Å². The van der Waals surface area contributed by atoms with Gasteiger partial charge in [-0.1, -0.05) is 200 Å². The second-order valence-electron chi connectivity index (χ2n) is 15.5. The van der Waals surface area contributed by atoms with Crippen molar-refractivity contribution in [1.29, 1.82) is 0 Å². The lowest BCUT2D eigenvalue weighted by molar-refractivity contribution is 0.798. The molecule has 0 bridgehead atoms. The first kappa shape index (κ1) is 39.8. The molecule has 7 aromatic rings. The van der Waals surface area contributed by atoms with Gasteiger partial charge in [-0.3, -0.25) is 0 Å². The summed E-state index contributed by atoms with van der Waals surface area (Å²) in [6, 6.07) is 57.8. The van der Waals surface area contributed by atoms with E-state index in [4.69, 9.17) is 4.99 Å². The standard InChI is InChI=1S/C58H52N2/c1-4-5-6-8-14-23-43(3)59-58(60-51-27-16-11-12-17-28-51)46-34-31-45(32-35-46)48-37-38-54-55(41-48)57(49-26-15-10-7-9-13-22-42(2)39-49)53-30-21-20-29-52(53)56(54)50-36-33-44-24-18-19-25-47(44)40-50/h4-5,7,9-27,29-41,43H,6,8,28H2,1-3H3,(H,59,60)/b5-4-,9-7?,10-7?,13-9?,15-10?,22-13?,23-14-,26-15?,42-22?,42-39?,49-26?,49-39?. The Balaban J connectivity index is 1.28. The van der Waals surface area contributed by atoms with Crippen LogP contribution in [-0.2, 0) is 0 Å². The van der Waals surface area contributed by atoms with E-state index in [9.17, 15) is 0 Å². The predicted molar refractivity (Wildman–Crippen MR) is 261 cm³/mol. The lowest BCUT2D eigenvalue weighted by atomic mass is 9.84. The number of nitrogens with one attached hydrogen (secondary N) is 1. The molecule has 0 saturated carbocycles. The summed E-state index contributed by atoms with van der Waals surface area (Å²) >= 11 is 0. The van der Waals surface area contributed by atoms with Crippen molar-refractivity contribution in [2.24, 2.45) is 4.99 Å². The number of benzene rings is 6. The molecule has 0 amide bonds. The van der Waals surface area contributed by atoms with Crippen molar-refractivity contribution in [1.82, 2.24) is 5.32 Å². The Hall–Kier alpha value is -7.03. The number of hydrogen-bond acceptors (Lipinski definition) is 1. The zero-order valence-corrected chi connectivity index (χ0v) is 34.9. The molecule has 0 spiro atoms. The van der Waals surface area contributed by atoms with Gasteiger partial charge in [0.15, 0.2) is 0 Å². The molecule has 0 heterocycles. The van der Waals surface area contributed by atoms with Crippen molar-refractivity contribution < 1.29 is 0 Å². The van der Waals surface area contributed by atoms with Crippen LogP contribution >= 0.6 is 0 Å². The van der Waals surface area contributed by atoms with E-state index in [2.05, 4.69) is 238 Å². The fourth-order valence-electron chi connectivity index (χ4n) is 8.10. The second kappa shape index (κ2) is 19.1. The first-order chi connectivity index (χ1) is 29.6. The first-order valence-corrected chi connectivity index (χ1v) is 21.2. The molecule has 0 fully saturated rings. The number of aryl methyl sites for hydroxylation is 1. The number of unbranched alkanes of at least 4 members (excludes halogenated alkanes) is 1. The third kappa shape index (κ3) is 9.30. The van der Waals surface area contributed by atoms with E-state index in [1.807, 2.05) is 0 Å². The number of amidine groups is 1. The normalized spacial score (nSPS) is 13.5. The lowest BCUT2D eigenvalue weighted by Crippen LogP contribution is -2.32. The van der Waals surface area contributed by atoms with Crippen LogP contribution in [0.15, 0.2) is 223 Å². The summed E-state index contributed by atoms with van der Waals surface area (Å²) in [6.45, 7) is 6.44. The fourth-order valence-corrected chi connectivity index (χ4v) is 8.10. The zero-order chi connectivity index (χ0) is 41.1. The van der Waals surface area contributed by atoms with Gasteiger partial charge in [0.05, 0.1) is 0 Å². The van der Waals surface area contributed by atoms with Crippen molar-refractivity contribution in [2.45, 2.75) is 46.1 Å². The molecule has 294 valence electrons. The van der Waals surface area contributed by atoms with E-state index < -0.39 is 0 Å². The Morgan fingerprint density at radius 2 is 1.23 bits per heavy atom. The maximum atomic E-state index is 5.18. The summed E-state index contributed by atoms with van der Waals surface area (Å²) in [5.74, 6) is 0.872. The third-order valence-electron chi connectivity index (χ3n) is 11.1. The fraction of sp³-hybridized carbons (Fsp3) is 0.121. The number of rotatable bonds is 10. The molecule has 8 rings (SSSR count). The van der Waals surface area contributed by atoms with E-state index in [1.54, 1.807) is 0 Å². The van der Waals surface area contributed by atoms with Crippen LogP contribution in [0.2, 0.25) is 0 Å². The summed E-state index contributed by atoms with van der Waals surface area (Å²) in [4.78, 5) is 5.18. The van der Waals surface area contributed by atoms with E-state index >= 15 is 0 Å². The number of nitrogens with zero attached hydrogens (tertiary/aromatic N) is 1. The van der Waals surface area contributed by atoms with Crippen LogP contribution in [0.3, 0.4) is 0 Å². The highest BCUT2D eigenvalue weighted by Gasteiger charge is 2.18. The summed E-state index contributed by atoms with van der Waals surface area (Å²) in [7, 11) is 0. The molecule has 0 aliphatic heterocycles. The summed E-state index contributed by atoms with van der Waals surface area (Å²) < 4.78 is 0. The number of allylic oxidation sites excluding steroid dienone is 8. The minimum Gasteiger partial charge on any atom is -0.364 e. The van der Waals surface area contributed by atoms with Gasteiger partial charge in [-0.15, -0.1) is 0 Å². The van der Waals surface area contributed by atoms with Crippen molar-refractivity contribution in [3.8, 4) is 33.4 Å². The minimum atomic E-state index is 0.118. The van der Waals surface area contributed by atoms with Gasteiger partial charge in [0.1, 0.15) is 5.84 Å². The van der Waals surface area contributed by atoms with Crippen LogP contribution in [0.4, 0.5) is 0 Å². The van der Waals surface area contributed by atoms with Gasteiger partial charge in [-0.25, -0.2) is 4.99 Å². The van der Waals surface area contributed by atoms with Crippen LogP contribution in [0.25, 0.3) is 65.7 Å². The van der Waals surface area contributed by atoms with E-state index in [-0.39, 0.29) is 6.04 Å². The van der Waals surface area contributed by atoms with Crippen LogP contribution in [0, 0.1) is 6.92 Å². The average molecular weight is 777 g/mol. The molecule has 2 nitrogen and oxygen atoms in total. The van der Waals surface area contributed by atoms with Crippen molar-refractivity contribution in [2.75, 3.05) is 0 Å². The predicted octanol–water partition coefficient (Wildman–Crippen LogP) is 15.6. The van der Waals surface area contributed by atoms with Crippen molar-refractivity contribution in [3.63, 3.8) is 0 Å². The molecule has 7 aromatic carbocycles. The summed E-state index contributed by atoms with van der Waals surface area (Å²) in [5, 5.41) is 11.1. The van der Waals surface area contributed by atoms with Crippen molar-refractivity contribution in [3.05, 3.63) is 229 Å². The molecule has 1 N–H and O–H groups in total. The Labute approximate surface area is 355 Å². The highest BCUT2D eigenvalue weighted by molar-refractivity contribution is 6.22. The van der Waals surface area contributed by atoms with E-state index in [1.165, 1.54) is 65.7 Å². The Bertz CT molecular complexity index is 2900. The highest BCUT2D eigenvalue weighted by atomic mass is 15.0. The van der Waals surface area contributed by atoms with Gasteiger partial charge < -0.3 is 5.32 Å². The lowest BCUT2D eigenvalue weighted by Gasteiger charge is -2.19. The largest absolute Gasteiger partial charge is 0.364 e. The molecule has 1 aliphatic carbocycles. The molecule has 1 atom stereocenters. The Morgan fingerprint density at radius 3 is 2.05 bits per heavy atom. The molecule has 0 aromatic heterocycles. The van der Waals surface area contributed by atoms with Gasteiger partial charge in [0.25, 0.3) is 0 Å². The van der Waals surface area contributed by atoms with Crippen molar-refractivity contribution >= 4 is 38.2 Å². The molecular weight excluding hydrogens is 725 g/mol. The third-order valence-corrected chi connectivity index (χ3v) is 11.1. The average Bonchev–Trinajstić information content (AvgIpc) is 3.55. The SMILES string of the molecule is C/C=C\CC/C=C\C(C)NC(=NC1=CC=CC=CC1)c1ccc(-c2ccc3c(-c4ccc5ccccc5c4)c4ccccc4c(-c4cccccccc(C)c4)c3c2)cc1. The monoisotopic (exact) mass is 776 g/mol. The number of hydrogen-bond donors (Lipinski definition) is 1. The van der Waals surface area contributed by atoms with Gasteiger partial charge in [0, 0.05) is 23.7 Å². The molecule has 0 radical (unpaired) electrons. The maximum Gasteiger partial charge on any atom is 0.134 e. The van der Waals surface area contributed by atoms with Gasteiger partial charge in [-0.05, 0) is 118 Å². The topological polar surface area (TPSA) is 24.4 Å². The Kier molecular flexibility index (Phi) is 12.7. The molecule has 1 aliphatic rings. The van der Waals surface area contributed by atoms with E-state index in [0.717, 1.165) is 41.9 Å². The molecular formula is C58H52N2. The van der Waals surface area contributed by atoms with Crippen LogP contribution in [0.1, 0.15) is 44.2 Å². The number of aliphatic imine (C=N–C) groups is 1. The summed E-state index contributed by atoms with van der Waals surface area (Å²) in [6.07, 6.45) is 22.1. The maximum absolute atomic E-state index is 5.18. The highest BCUT2D eigenvalue weighted by Crippen LogP contribution is 2.45. The van der Waals surface area contributed by atoms with Gasteiger partial charge in [0.2, 0.25) is 0 Å². The Morgan fingerprint density at radius 1 is 0.583 bits per heavy atom. The number of fused-ring (bicyclic) bond motifs is 3. The molecule has 0 saturated heterocycles. The molecule has 2 heteroatoms. The van der Waals surface area contributed by atoms with E-state index in [0.29, 0.717) is 0 Å². The van der Waals surface area contributed by atoms with Crippen LogP contribution in [-0.4, -0.2) is 11.9 Å².